The number of aryl methyl sites for hydroxylation is 2. The average molecular weight is 501 g/mol. The van der Waals surface area contributed by atoms with Gasteiger partial charge in [0.1, 0.15) is 0 Å². The van der Waals surface area contributed by atoms with E-state index in [1.165, 1.54) is 52.5 Å². The van der Waals surface area contributed by atoms with Gasteiger partial charge in [-0.3, -0.25) is 14.4 Å². The molecule has 36 heavy (non-hydrogen) atoms. The third-order valence-electron chi connectivity index (χ3n) is 6.79. The summed E-state index contributed by atoms with van der Waals surface area (Å²) in [5, 5.41) is 10.6. The number of nitrogens with zero attached hydrogens (tertiary/aromatic N) is 3. The quantitative estimate of drug-likeness (QED) is 0.429. The van der Waals surface area contributed by atoms with Crippen LogP contribution in [0.15, 0.2) is 76.0 Å². The van der Waals surface area contributed by atoms with Crippen LogP contribution < -0.4 is 9.62 Å². The lowest BCUT2D eigenvalue weighted by Gasteiger charge is -2.19. The van der Waals surface area contributed by atoms with Gasteiger partial charge in [0.05, 0.1) is 10.6 Å². The number of anilines is 2. The van der Waals surface area contributed by atoms with E-state index in [0.29, 0.717) is 24.5 Å². The summed E-state index contributed by atoms with van der Waals surface area (Å²) < 4.78 is 33.5. The zero-order valence-electron chi connectivity index (χ0n) is 19.5. The summed E-state index contributed by atoms with van der Waals surface area (Å²) in [5.74, 6) is -0.128. The largest absolute Gasteiger partial charge is 0.403 e. The molecule has 1 aliphatic heterocycles. The summed E-state index contributed by atoms with van der Waals surface area (Å²) in [4.78, 5) is 12.9. The minimum atomic E-state index is -3.73. The van der Waals surface area contributed by atoms with Gasteiger partial charge in [-0.05, 0) is 91.3 Å². The number of hydrogen-bond donors (Lipinski definition) is 1. The molecule has 1 amide bonds. The molecule has 6 rings (SSSR count). The second-order valence-corrected chi connectivity index (χ2v) is 10.9. The molecule has 1 N–H and O–H groups in total. The first-order valence-corrected chi connectivity index (χ1v) is 13.4. The Morgan fingerprint density at radius 3 is 2.47 bits per heavy atom. The fourth-order valence-electron chi connectivity index (χ4n) is 4.89. The van der Waals surface area contributed by atoms with E-state index in [2.05, 4.69) is 27.6 Å². The Balaban J connectivity index is 1.16. The Kier molecular flexibility index (Phi) is 5.56. The highest BCUT2D eigenvalue weighted by molar-refractivity contribution is 7.92. The minimum absolute atomic E-state index is 0.0157. The van der Waals surface area contributed by atoms with Gasteiger partial charge in [-0.25, -0.2) is 8.42 Å². The number of aromatic nitrogens is 2. The summed E-state index contributed by atoms with van der Waals surface area (Å²) in [7, 11) is -3.73. The van der Waals surface area contributed by atoms with E-state index in [0.717, 1.165) is 24.0 Å². The van der Waals surface area contributed by atoms with Crippen LogP contribution in [0.4, 0.5) is 11.7 Å². The van der Waals surface area contributed by atoms with E-state index in [-0.39, 0.29) is 16.5 Å². The van der Waals surface area contributed by atoms with Gasteiger partial charge in [0.2, 0.25) is 5.89 Å². The lowest BCUT2D eigenvalue weighted by Crippen LogP contribution is -2.29. The number of rotatable bonds is 5. The number of fused-ring (bicyclic) bond motifs is 2. The van der Waals surface area contributed by atoms with Crippen LogP contribution >= 0.6 is 0 Å². The van der Waals surface area contributed by atoms with Crippen LogP contribution in [0.3, 0.4) is 0 Å². The summed E-state index contributed by atoms with van der Waals surface area (Å²) in [5.41, 5.74) is 5.47. The number of hydrogen-bond acceptors (Lipinski definition) is 6. The summed E-state index contributed by atoms with van der Waals surface area (Å²) in [6.45, 7) is 0.396. The molecular weight excluding hydrogens is 476 g/mol. The molecule has 2 aliphatic rings. The number of benzene rings is 3. The molecule has 0 spiro atoms. The van der Waals surface area contributed by atoms with Crippen LogP contribution in [0, 0.1) is 0 Å². The maximum atomic E-state index is 13.2. The zero-order chi connectivity index (χ0) is 24.7. The van der Waals surface area contributed by atoms with Crippen molar-refractivity contribution in [3.63, 3.8) is 0 Å². The first-order valence-electron chi connectivity index (χ1n) is 12.0. The molecule has 0 bridgehead atoms. The third kappa shape index (κ3) is 4.05. The molecular formula is C27H24N4O4S. The molecule has 0 radical (unpaired) electrons. The molecule has 0 unspecified atom stereocenters. The first kappa shape index (κ1) is 22.5. The van der Waals surface area contributed by atoms with Crippen LogP contribution in [0.25, 0.3) is 11.5 Å². The third-order valence-corrected chi connectivity index (χ3v) is 8.62. The van der Waals surface area contributed by atoms with Crippen LogP contribution in [-0.4, -0.2) is 31.1 Å². The van der Waals surface area contributed by atoms with E-state index in [1.807, 2.05) is 30.3 Å². The molecule has 1 aliphatic carbocycles. The van der Waals surface area contributed by atoms with E-state index in [1.54, 1.807) is 0 Å². The first-order chi connectivity index (χ1) is 17.5. The smallest absolute Gasteiger partial charge is 0.322 e. The predicted molar refractivity (Wildman–Crippen MR) is 135 cm³/mol. The molecule has 0 saturated heterocycles. The van der Waals surface area contributed by atoms with E-state index >= 15 is 0 Å². The normalized spacial score (nSPS) is 14.8. The Morgan fingerprint density at radius 2 is 1.64 bits per heavy atom. The van der Waals surface area contributed by atoms with E-state index < -0.39 is 15.9 Å². The van der Waals surface area contributed by atoms with Crippen LogP contribution in [0.1, 0.15) is 39.9 Å². The second kappa shape index (κ2) is 8.91. The van der Waals surface area contributed by atoms with Gasteiger partial charge < -0.3 is 4.42 Å². The van der Waals surface area contributed by atoms with Crippen molar-refractivity contribution < 1.29 is 17.6 Å². The van der Waals surface area contributed by atoms with Crippen LogP contribution in [0.2, 0.25) is 0 Å². The summed E-state index contributed by atoms with van der Waals surface area (Å²) in [6, 6.07) is 19.4. The summed E-state index contributed by atoms with van der Waals surface area (Å²) in [6.07, 6.45) is 5.19. The van der Waals surface area contributed by atoms with E-state index in [4.69, 9.17) is 4.42 Å². The van der Waals surface area contributed by atoms with Crippen molar-refractivity contribution in [3.8, 4) is 11.5 Å². The van der Waals surface area contributed by atoms with Gasteiger partial charge in [0, 0.05) is 17.7 Å². The van der Waals surface area contributed by atoms with Crippen molar-refractivity contribution in [1.29, 1.82) is 0 Å². The Morgan fingerprint density at radius 1 is 0.861 bits per heavy atom. The zero-order valence-corrected chi connectivity index (χ0v) is 20.3. The highest BCUT2D eigenvalue weighted by atomic mass is 32.2. The molecule has 8 nitrogen and oxygen atoms in total. The number of carbonyl (C=O) groups is 1. The number of carbonyl (C=O) groups excluding carboxylic acids is 1. The van der Waals surface area contributed by atoms with Crippen molar-refractivity contribution in [1.82, 2.24) is 10.2 Å². The monoisotopic (exact) mass is 500 g/mol. The Bertz CT molecular complexity index is 1560. The van der Waals surface area contributed by atoms with Crippen molar-refractivity contribution in [3.05, 3.63) is 89.0 Å². The maximum absolute atomic E-state index is 13.2. The fourth-order valence-corrected chi connectivity index (χ4v) is 6.39. The molecule has 0 saturated carbocycles. The summed E-state index contributed by atoms with van der Waals surface area (Å²) >= 11 is 0. The van der Waals surface area contributed by atoms with Crippen LogP contribution in [0.5, 0.6) is 0 Å². The molecule has 4 aromatic rings. The topological polar surface area (TPSA) is 105 Å². The number of nitrogens with one attached hydrogen (secondary N) is 1. The van der Waals surface area contributed by atoms with Crippen molar-refractivity contribution in [2.24, 2.45) is 0 Å². The van der Waals surface area contributed by atoms with Gasteiger partial charge in [-0.1, -0.05) is 29.4 Å². The molecule has 0 fully saturated rings. The maximum Gasteiger partial charge on any atom is 0.322 e. The number of sulfonamides is 1. The van der Waals surface area contributed by atoms with Gasteiger partial charge in [-0.2, -0.15) is 0 Å². The van der Waals surface area contributed by atoms with Crippen molar-refractivity contribution in [2.45, 2.75) is 37.0 Å². The predicted octanol–water partition coefficient (Wildman–Crippen LogP) is 4.62. The SMILES string of the molecule is O=C(Nc1nnc(-c2ccc3c(c2)CCCC3)o1)c1ccc(S(=O)(=O)N2CCc3ccccc32)cc1. The molecule has 1 aromatic heterocycles. The molecule has 0 atom stereocenters. The molecule has 2 heterocycles. The Hall–Kier alpha value is -3.98. The van der Waals surface area contributed by atoms with Gasteiger partial charge >= 0.3 is 6.01 Å². The lowest BCUT2D eigenvalue weighted by molar-refractivity contribution is 0.102. The molecule has 9 heteroatoms. The molecule has 3 aromatic carbocycles. The lowest BCUT2D eigenvalue weighted by atomic mass is 9.90. The molecule has 182 valence electrons. The fraction of sp³-hybridized carbons (Fsp3) is 0.222. The number of para-hydroxylation sites is 1. The highest BCUT2D eigenvalue weighted by Gasteiger charge is 2.30. The van der Waals surface area contributed by atoms with Crippen molar-refractivity contribution >= 4 is 27.6 Å². The Labute approximate surface area is 209 Å². The standard InChI is InChI=1S/C27H24N4O4S/c32-25(28-27-30-29-26(35-27)22-10-9-18-5-1-2-7-21(18)17-22)20-11-13-23(14-12-20)36(33,34)31-16-15-19-6-3-4-8-24(19)31/h3-4,6,8-14,17H,1-2,5,7,15-16H2,(H,28,30,32). The van der Waals surface area contributed by atoms with Crippen molar-refractivity contribution in [2.75, 3.05) is 16.2 Å². The van der Waals surface area contributed by atoms with Gasteiger partial charge in [-0.15, -0.1) is 5.10 Å². The minimum Gasteiger partial charge on any atom is -0.403 e. The number of amides is 1. The highest BCUT2D eigenvalue weighted by Crippen LogP contribution is 2.33. The van der Waals surface area contributed by atoms with E-state index in [9.17, 15) is 13.2 Å². The van der Waals surface area contributed by atoms with Gasteiger partial charge in [0.25, 0.3) is 15.9 Å². The van der Waals surface area contributed by atoms with Gasteiger partial charge in [0.15, 0.2) is 0 Å². The van der Waals surface area contributed by atoms with Crippen LogP contribution in [-0.2, 0) is 29.3 Å². The second-order valence-electron chi connectivity index (χ2n) is 9.04. The average Bonchev–Trinajstić information content (AvgIpc) is 3.56.